The Hall–Kier alpha value is -1.60. The van der Waals surface area contributed by atoms with Gasteiger partial charge in [-0.3, -0.25) is 9.10 Å². The molecule has 3 N–H and O–H groups in total. The molecular weight excluding hydrogens is 302 g/mol. The Morgan fingerprint density at radius 1 is 1.45 bits per heavy atom. The van der Waals surface area contributed by atoms with Crippen molar-refractivity contribution in [3.63, 3.8) is 0 Å². The fourth-order valence-corrected chi connectivity index (χ4v) is 4.05. The molecule has 1 atom stereocenters. The van der Waals surface area contributed by atoms with Gasteiger partial charge in [-0.15, -0.1) is 0 Å². The van der Waals surface area contributed by atoms with Gasteiger partial charge in [-0.1, -0.05) is 0 Å². The van der Waals surface area contributed by atoms with Crippen LogP contribution in [0.2, 0.25) is 0 Å². The fourth-order valence-electron chi connectivity index (χ4n) is 2.50. The summed E-state index contributed by atoms with van der Waals surface area (Å²) in [4.78, 5) is 12.1. The lowest BCUT2D eigenvalue weighted by Gasteiger charge is -2.18. The van der Waals surface area contributed by atoms with E-state index in [1.54, 1.807) is 18.2 Å². The number of aryl methyl sites for hydroxylation is 1. The number of amides is 1. The molecule has 1 unspecified atom stereocenters. The van der Waals surface area contributed by atoms with Gasteiger partial charge in [0.2, 0.25) is 10.0 Å². The standard InChI is InChI=1S/C15H23N3O3S/c1-11-10-13(18-8-3-9-22(18,20)21)4-5-14(11)15(19)17-7-6-12(2)16/h4-5,10,12H,3,6-9,16H2,1-2H3,(H,17,19). The van der Waals surface area contributed by atoms with Crippen molar-refractivity contribution in [2.75, 3.05) is 23.1 Å². The van der Waals surface area contributed by atoms with Crippen LogP contribution in [0.15, 0.2) is 18.2 Å². The summed E-state index contributed by atoms with van der Waals surface area (Å²) in [6.45, 7) is 4.73. The first kappa shape index (κ1) is 16.8. The molecule has 1 heterocycles. The molecule has 1 aromatic rings. The minimum absolute atomic E-state index is 0.0455. The van der Waals surface area contributed by atoms with Crippen molar-refractivity contribution >= 4 is 21.6 Å². The quantitative estimate of drug-likeness (QED) is 0.845. The first-order valence-corrected chi connectivity index (χ1v) is 9.07. The smallest absolute Gasteiger partial charge is 0.251 e. The summed E-state index contributed by atoms with van der Waals surface area (Å²) in [5.74, 6) is 0.0277. The maximum atomic E-state index is 12.1. The number of hydrogen-bond donors (Lipinski definition) is 2. The van der Waals surface area contributed by atoms with Gasteiger partial charge in [0.1, 0.15) is 0 Å². The minimum Gasteiger partial charge on any atom is -0.352 e. The molecule has 22 heavy (non-hydrogen) atoms. The summed E-state index contributed by atoms with van der Waals surface area (Å²) in [5.41, 5.74) is 7.60. The number of sulfonamides is 1. The maximum absolute atomic E-state index is 12.1. The minimum atomic E-state index is -3.19. The molecule has 1 saturated heterocycles. The molecule has 0 aliphatic carbocycles. The second-order valence-corrected chi connectivity index (χ2v) is 7.78. The van der Waals surface area contributed by atoms with Gasteiger partial charge in [-0.25, -0.2) is 8.42 Å². The number of nitrogens with zero attached hydrogens (tertiary/aromatic N) is 1. The van der Waals surface area contributed by atoms with E-state index in [9.17, 15) is 13.2 Å². The van der Waals surface area contributed by atoms with Crippen molar-refractivity contribution in [3.8, 4) is 0 Å². The van der Waals surface area contributed by atoms with Gasteiger partial charge in [-0.2, -0.15) is 0 Å². The van der Waals surface area contributed by atoms with Crippen LogP contribution in [-0.4, -0.2) is 39.2 Å². The van der Waals surface area contributed by atoms with Crippen molar-refractivity contribution in [2.24, 2.45) is 5.73 Å². The molecule has 122 valence electrons. The van der Waals surface area contributed by atoms with E-state index in [1.807, 2.05) is 13.8 Å². The van der Waals surface area contributed by atoms with Gasteiger partial charge in [0, 0.05) is 24.7 Å². The third kappa shape index (κ3) is 3.78. The van der Waals surface area contributed by atoms with E-state index in [2.05, 4.69) is 5.32 Å². The summed E-state index contributed by atoms with van der Waals surface area (Å²) in [6, 6.07) is 5.17. The number of carbonyl (C=O) groups excluding carboxylic acids is 1. The maximum Gasteiger partial charge on any atom is 0.251 e. The Balaban J connectivity index is 2.11. The first-order chi connectivity index (χ1) is 10.3. The fraction of sp³-hybridized carbons (Fsp3) is 0.533. The molecule has 0 aromatic heterocycles. The van der Waals surface area contributed by atoms with Crippen molar-refractivity contribution in [1.82, 2.24) is 5.32 Å². The Labute approximate surface area is 131 Å². The van der Waals surface area contributed by atoms with Gasteiger partial charge in [0.05, 0.1) is 11.4 Å². The number of nitrogens with two attached hydrogens (primary N) is 1. The monoisotopic (exact) mass is 325 g/mol. The Morgan fingerprint density at radius 2 is 2.18 bits per heavy atom. The number of carbonyl (C=O) groups is 1. The van der Waals surface area contributed by atoms with Gasteiger partial charge < -0.3 is 11.1 Å². The van der Waals surface area contributed by atoms with E-state index >= 15 is 0 Å². The number of hydrogen-bond acceptors (Lipinski definition) is 4. The molecular formula is C15H23N3O3S. The largest absolute Gasteiger partial charge is 0.352 e. The van der Waals surface area contributed by atoms with Crippen LogP contribution in [0.1, 0.15) is 35.7 Å². The van der Waals surface area contributed by atoms with Crippen LogP contribution in [0.4, 0.5) is 5.69 Å². The second kappa shape index (κ2) is 6.66. The normalized spacial score (nSPS) is 18.2. The number of nitrogens with one attached hydrogen (secondary N) is 1. The van der Waals surface area contributed by atoms with E-state index in [1.165, 1.54) is 4.31 Å². The van der Waals surface area contributed by atoms with E-state index < -0.39 is 10.0 Å². The molecule has 1 aromatic carbocycles. The van der Waals surface area contributed by atoms with E-state index in [0.717, 1.165) is 12.0 Å². The molecule has 1 fully saturated rings. The number of rotatable bonds is 5. The summed E-state index contributed by atoms with van der Waals surface area (Å²) in [6.07, 6.45) is 1.36. The molecule has 1 amide bonds. The SMILES string of the molecule is Cc1cc(N2CCCS2(=O)=O)ccc1C(=O)NCCC(C)N. The van der Waals surface area contributed by atoms with Crippen molar-refractivity contribution in [2.45, 2.75) is 32.7 Å². The topological polar surface area (TPSA) is 92.5 Å². The van der Waals surface area contributed by atoms with Gasteiger partial charge >= 0.3 is 0 Å². The Bertz CT molecular complexity index is 656. The van der Waals surface area contributed by atoms with Crippen molar-refractivity contribution in [1.29, 1.82) is 0 Å². The van der Waals surface area contributed by atoms with E-state index in [-0.39, 0.29) is 17.7 Å². The van der Waals surface area contributed by atoms with Crippen LogP contribution in [0.3, 0.4) is 0 Å². The summed E-state index contributed by atoms with van der Waals surface area (Å²) in [7, 11) is -3.19. The molecule has 0 saturated carbocycles. The summed E-state index contributed by atoms with van der Waals surface area (Å²) in [5, 5.41) is 2.83. The molecule has 2 rings (SSSR count). The van der Waals surface area contributed by atoms with Gasteiger partial charge in [-0.05, 0) is 50.5 Å². The highest BCUT2D eigenvalue weighted by molar-refractivity contribution is 7.93. The average molecular weight is 325 g/mol. The molecule has 0 spiro atoms. The lowest BCUT2D eigenvalue weighted by molar-refractivity contribution is 0.0952. The van der Waals surface area contributed by atoms with Crippen LogP contribution in [0, 0.1) is 6.92 Å². The van der Waals surface area contributed by atoms with Crippen molar-refractivity contribution < 1.29 is 13.2 Å². The molecule has 7 heteroatoms. The molecule has 1 aliphatic heterocycles. The average Bonchev–Trinajstić information content (AvgIpc) is 2.77. The second-order valence-electron chi connectivity index (χ2n) is 5.76. The predicted molar refractivity (Wildman–Crippen MR) is 87.5 cm³/mol. The highest BCUT2D eigenvalue weighted by atomic mass is 32.2. The van der Waals surface area contributed by atoms with Crippen molar-refractivity contribution in [3.05, 3.63) is 29.3 Å². The lowest BCUT2D eigenvalue weighted by atomic mass is 10.1. The molecule has 0 radical (unpaired) electrons. The van der Waals surface area contributed by atoms with Crippen LogP contribution in [0.5, 0.6) is 0 Å². The zero-order chi connectivity index (χ0) is 16.3. The van der Waals surface area contributed by atoms with Crippen LogP contribution < -0.4 is 15.4 Å². The molecule has 6 nitrogen and oxygen atoms in total. The highest BCUT2D eigenvalue weighted by Gasteiger charge is 2.28. The molecule has 0 bridgehead atoms. The summed E-state index contributed by atoms with van der Waals surface area (Å²) < 4.78 is 25.3. The number of anilines is 1. The first-order valence-electron chi connectivity index (χ1n) is 7.46. The number of benzene rings is 1. The van der Waals surface area contributed by atoms with Gasteiger partial charge in [0.15, 0.2) is 0 Å². The summed E-state index contributed by atoms with van der Waals surface area (Å²) >= 11 is 0. The van der Waals surface area contributed by atoms with Crippen LogP contribution in [-0.2, 0) is 10.0 Å². The Kier molecular flexibility index (Phi) is 5.08. The predicted octanol–water partition coefficient (Wildman–Crippen LogP) is 1.00. The Morgan fingerprint density at radius 3 is 2.73 bits per heavy atom. The highest BCUT2D eigenvalue weighted by Crippen LogP contribution is 2.26. The van der Waals surface area contributed by atoms with E-state index in [4.69, 9.17) is 5.73 Å². The zero-order valence-electron chi connectivity index (χ0n) is 13.0. The zero-order valence-corrected chi connectivity index (χ0v) is 13.8. The lowest BCUT2D eigenvalue weighted by Crippen LogP contribution is -2.29. The van der Waals surface area contributed by atoms with Crippen LogP contribution in [0.25, 0.3) is 0 Å². The third-order valence-electron chi connectivity index (χ3n) is 3.73. The van der Waals surface area contributed by atoms with E-state index in [0.29, 0.717) is 30.8 Å². The van der Waals surface area contributed by atoms with Gasteiger partial charge in [0.25, 0.3) is 5.91 Å². The molecule has 1 aliphatic rings. The third-order valence-corrected chi connectivity index (χ3v) is 5.60. The van der Waals surface area contributed by atoms with Crippen LogP contribution >= 0.6 is 0 Å².